The molecule has 0 spiro atoms. The lowest BCUT2D eigenvalue weighted by Gasteiger charge is -2.30. The lowest BCUT2D eigenvalue weighted by molar-refractivity contribution is -0.157. The topological polar surface area (TPSA) is 151 Å². The minimum absolute atomic E-state index is 0.139. The zero-order chi connectivity index (χ0) is 37.1. The van der Waals surface area contributed by atoms with Crippen LogP contribution in [0.5, 0.6) is 17.2 Å². The van der Waals surface area contributed by atoms with Crippen molar-refractivity contribution in [3.05, 3.63) is 89.6 Å². The number of amides is 1. The molecular weight excluding hydrogens is 652 g/mol. The Bertz CT molecular complexity index is 1740. The number of esters is 1. The Hall–Kier alpha value is -5.07. The molecule has 0 aliphatic carbocycles. The van der Waals surface area contributed by atoms with Crippen molar-refractivity contribution in [2.75, 3.05) is 41.5 Å². The van der Waals surface area contributed by atoms with Gasteiger partial charge in [0.05, 0.1) is 39.7 Å². The minimum atomic E-state index is -1.06. The van der Waals surface area contributed by atoms with Crippen molar-refractivity contribution < 1.29 is 38.4 Å². The molecule has 0 bridgehead atoms. The van der Waals surface area contributed by atoms with Gasteiger partial charge in [0.25, 0.3) is 0 Å². The number of aliphatic carboxylic acids is 1. The summed E-state index contributed by atoms with van der Waals surface area (Å²) in [4.78, 5) is 44.7. The minimum Gasteiger partial charge on any atom is -0.493 e. The summed E-state index contributed by atoms with van der Waals surface area (Å²) in [6.07, 6.45) is 1.84. The molecule has 51 heavy (non-hydrogen) atoms. The highest BCUT2D eigenvalue weighted by atomic mass is 16.6. The van der Waals surface area contributed by atoms with Crippen molar-refractivity contribution in [2.45, 2.75) is 63.8 Å². The highest BCUT2D eigenvalue weighted by molar-refractivity contribution is 5.91. The Morgan fingerprint density at radius 3 is 2.10 bits per heavy atom. The molecule has 4 rings (SSSR count). The molecule has 4 N–H and O–H groups in total. The number of ether oxygens (including phenoxy) is 4. The number of rotatable bonds is 18. The van der Waals surface area contributed by atoms with Crippen LogP contribution in [0.4, 0.5) is 0 Å². The van der Waals surface area contributed by atoms with Crippen LogP contribution in [0.3, 0.4) is 0 Å². The number of benzene rings is 3. The van der Waals surface area contributed by atoms with Crippen molar-refractivity contribution in [1.82, 2.24) is 20.5 Å². The zero-order valence-electron chi connectivity index (χ0n) is 30.4. The Morgan fingerprint density at radius 1 is 0.863 bits per heavy atom. The molecule has 1 heterocycles. The lowest BCUT2D eigenvalue weighted by atomic mass is 9.88. The van der Waals surface area contributed by atoms with Crippen LogP contribution in [0.1, 0.15) is 49.8 Å². The number of methoxy groups -OCH3 is 3. The van der Waals surface area contributed by atoms with Gasteiger partial charge in [0, 0.05) is 49.8 Å². The number of hydrogen-bond donors (Lipinski definition) is 4. The van der Waals surface area contributed by atoms with E-state index in [4.69, 9.17) is 18.9 Å². The average Bonchev–Trinajstić information content (AvgIpc) is 3.51. The second-order valence-electron chi connectivity index (χ2n) is 13.4. The summed E-state index contributed by atoms with van der Waals surface area (Å²) in [7, 11) is 6.36. The molecule has 0 saturated carbocycles. The lowest BCUT2D eigenvalue weighted by Crippen LogP contribution is -2.49. The molecule has 12 heteroatoms. The monoisotopic (exact) mass is 702 g/mol. The number of carboxylic acids is 1. The molecule has 12 nitrogen and oxygen atoms in total. The number of carboxylic acid groups (broad SMARTS) is 1. The van der Waals surface area contributed by atoms with Crippen molar-refractivity contribution in [1.29, 1.82) is 0 Å². The van der Waals surface area contributed by atoms with Crippen molar-refractivity contribution in [3.63, 3.8) is 0 Å². The number of carbonyl (C=O) groups is 3. The molecule has 274 valence electrons. The SMILES string of the molecule is COc1cc(CN(C)C(=O)C(Cc2ccccc2)NCCNC(CC(=O)O)C(C(=O)OC(C)(C)C)c2c[nH]c3ccccc23)cc(OC)c1OC. The van der Waals surface area contributed by atoms with E-state index in [0.29, 0.717) is 35.8 Å². The Kier molecular flexibility index (Phi) is 13.5. The first-order valence-electron chi connectivity index (χ1n) is 16.9. The van der Waals surface area contributed by atoms with Crippen molar-refractivity contribution in [2.24, 2.45) is 0 Å². The Balaban J connectivity index is 1.54. The number of hydrogen-bond acceptors (Lipinski definition) is 9. The third kappa shape index (κ3) is 10.5. The van der Waals surface area contributed by atoms with Crippen molar-refractivity contribution in [3.8, 4) is 17.2 Å². The van der Waals surface area contributed by atoms with Crippen LogP contribution in [0.2, 0.25) is 0 Å². The number of aromatic amines is 1. The molecular formula is C39H50N4O8. The number of carbonyl (C=O) groups excluding carboxylic acids is 2. The summed E-state index contributed by atoms with van der Waals surface area (Å²) < 4.78 is 22.3. The molecule has 3 atom stereocenters. The molecule has 0 fully saturated rings. The van der Waals surface area contributed by atoms with Gasteiger partial charge in [0.15, 0.2) is 11.5 Å². The largest absolute Gasteiger partial charge is 0.493 e. The van der Waals surface area contributed by atoms with Gasteiger partial charge in [-0.05, 0) is 62.1 Å². The second kappa shape index (κ2) is 17.7. The highest BCUT2D eigenvalue weighted by Gasteiger charge is 2.36. The van der Waals surface area contributed by atoms with Gasteiger partial charge in [0.1, 0.15) is 5.60 Å². The summed E-state index contributed by atoms with van der Waals surface area (Å²) >= 11 is 0. The van der Waals surface area contributed by atoms with Crippen LogP contribution in [0, 0.1) is 0 Å². The van der Waals surface area contributed by atoms with Crippen LogP contribution in [0.15, 0.2) is 72.9 Å². The quantitative estimate of drug-likeness (QED) is 0.0832. The first-order valence-corrected chi connectivity index (χ1v) is 16.9. The number of nitrogens with zero attached hydrogens (tertiary/aromatic N) is 1. The normalized spacial score (nSPS) is 13.2. The van der Waals surface area contributed by atoms with Crippen LogP contribution in [-0.4, -0.2) is 92.0 Å². The molecule has 4 aromatic rings. The maximum atomic E-state index is 14.0. The number of H-pyrrole nitrogens is 1. The smallest absolute Gasteiger partial charge is 0.315 e. The highest BCUT2D eigenvalue weighted by Crippen LogP contribution is 2.38. The van der Waals surface area contributed by atoms with E-state index in [1.807, 2.05) is 66.7 Å². The molecule has 3 aromatic carbocycles. The number of nitrogens with one attached hydrogen (secondary N) is 3. The van der Waals surface area contributed by atoms with Gasteiger partial charge in [-0.3, -0.25) is 14.4 Å². The van der Waals surface area contributed by atoms with Gasteiger partial charge in [-0.2, -0.15) is 0 Å². The molecule has 0 aliphatic heterocycles. The summed E-state index contributed by atoms with van der Waals surface area (Å²) in [6.45, 7) is 6.21. The van der Waals surface area contributed by atoms with Crippen LogP contribution >= 0.6 is 0 Å². The van der Waals surface area contributed by atoms with E-state index in [-0.39, 0.29) is 25.4 Å². The van der Waals surface area contributed by atoms with Crippen LogP contribution in [-0.2, 0) is 32.1 Å². The fraction of sp³-hybridized carbons (Fsp3) is 0.410. The van der Waals surface area contributed by atoms with Crippen LogP contribution < -0.4 is 24.8 Å². The molecule has 0 radical (unpaired) electrons. The van der Waals surface area contributed by atoms with Gasteiger partial charge in [-0.1, -0.05) is 48.5 Å². The zero-order valence-corrected chi connectivity index (χ0v) is 30.4. The first-order chi connectivity index (χ1) is 24.3. The summed E-state index contributed by atoms with van der Waals surface area (Å²) in [5.41, 5.74) is 2.47. The molecule has 1 amide bonds. The fourth-order valence-corrected chi connectivity index (χ4v) is 6.17. The second-order valence-corrected chi connectivity index (χ2v) is 13.4. The van der Waals surface area contributed by atoms with Crippen molar-refractivity contribution >= 4 is 28.7 Å². The van der Waals surface area contributed by atoms with Gasteiger partial charge in [-0.15, -0.1) is 0 Å². The average molecular weight is 703 g/mol. The number of para-hydroxylation sites is 1. The van der Waals surface area contributed by atoms with Gasteiger partial charge in [-0.25, -0.2) is 0 Å². The number of aromatic nitrogens is 1. The van der Waals surface area contributed by atoms with E-state index < -0.39 is 35.5 Å². The molecule has 3 unspecified atom stereocenters. The van der Waals surface area contributed by atoms with Crippen LogP contribution in [0.25, 0.3) is 10.9 Å². The maximum Gasteiger partial charge on any atom is 0.315 e. The first kappa shape index (κ1) is 38.7. The predicted molar refractivity (Wildman–Crippen MR) is 195 cm³/mol. The fourth-order valence-electron chi connectivity index (χ4n) is 6.17. The molecule has 1 aromatic heterocycles. The Labute approximate surface area is 299 Å². The van der Waals surface area contributed by atoms with E-state index in [0.717, 1.165) is 22.0 Å². The van der Waals surface area contributed by atoms with Gasteiger partial charge in [0.2, 0.25) is 11.7 Å². The third-order valence-electron chi connectivity index (χ3n) is 8.44. The maximum absolute atomic E-state index is 14.0. The van der Waals surface area contributed by atoms with E-state index >= 15 is 0 Å². The number of likely N-dealkylation sites (N-methyl/N-ethyl adjacent to an activating group) is 1. The summed E-state index contributed by atoms with van der Waals surface area (Å²) in [5, 5.41) is 17.4. The van der Waals surface area contributed by atoms with E-state index in [1.165, 1.54) is 7.11 Å². The molecule has 0 aliphatic rings. The third-order valence-corrected chi connectivity index (χ3v) is 8.44. The summed E-state index contributed by atoms with van der Waals surface area (Å²) in [5.74, 6) is -1.18. The standard InChI is InChI=1S/C39H50N4O8/c1-39(2,3)51-38(47)35(28-23-42-29-16-12-11-15-27(28)29)30(22-34(44)45)40-17-18-41-31(19-25-13-9-8-10-14-25)37(46)43(4)24-26-20-32(48-5)36(50-7)33(21-26)49-6/h8-16,20-21,23,30-31,35,40-42H,17-19,22,24H2,1-7H3,(H,44,45). The predicted octanol–water partition coefficient (Wildman–Crippen LogP) is 4.91. The van der Waals surface area contributed by atoms with E-state index in [2.05, 4.69) is 15.6 Å². The number of fused-ring (bicyclic) bond motifs is 1. The Morgan fingerprint density at radius 2 is 1.49 bits per heavy atom. The van der Waals surface area contributed by atoms with E-state index in [9.17, 15) is 19.5 Å². The van der Waals surface area contributed by atoms with Gasteiger partial charge >= 0.3 is 11.9 Å². The summed E-state index contributed by atoms with van der Waals surface area (Å²) in [6, 6.07) is 19.5. The van der Waals surface area contributed by atoms with Gasteiger partial charge < -0.3 is 44.6 Å². The van der Waals surface area contributed by atoms with E-state index in [1.54, 1.807) is 53.1 Å². The molecule has 0 saturated heterocycles.